The molecule has 4 N–H and O–H groups in total. The smallest absolute Gasteiger partial charge is 0.244 e. The number of sulfonamides is 1. The van der Waals surface area contributed by atoms with Crippen LogP contribution in [0.4, 0.5) is 14.5 Å². The van der Waals surface area contributed by atoms with Crippen LogP contribution < -0.4 is 10.5 Å². The standard InChI is InChI=1S/C11H14F2N2O3S/c12-7-2-3-8(9(13)10(7)14)19(17,18)15-11(6-16)4-1-5-11/h2-3,15-16H,1,4-6,14H2. The molecular formula is C11H14F2N2O3S. The number of nitrogen functional groups attached to an aromatic ring is 1. The first-order valence-corrected chi connectivity index (χ1v) is 7.18. The third-order valence-corrected chi connectivity index (χ3v) is 4.94. The molecule has 5 nitrogen and oxygen atoms in total. The summed E-state index contributed by atoms with van der Waals surface area (Å²) >= 11 is 0. The van der Waals surface area contributed by atoms with E-state index in [1.165, 1.54) is 0 Å². The molecule has 1 aliphatic carbocycles. The van der Waals surface area contributed by atoms with Crippen molar-refractivity contribution in [2.45, 2.75) is 29.7 Å². The predicted octanol–water partition coefficient (Wildman–Crippen LogP) is 0.740. The summed E-state index contributed by atoms with van der Waals surface area (Å²) < 4.78 is 53.1. The fraction of sp³-hybridized carbons (Fsp3) is 0.455. The molecule has 0 unspecified atom stereocenters. The van der Waals surface area contributed by atoms with Crippen molar-refractivity contribution >= 4 is 15.7 Å². The molecule has 2 rings (SSSR count). The maximum Gasteiger partial charge on any atom is 0.244 e. The summed E-state index contributed by atoms with van der Waals surface area (Å²) in [5.74, 6) is -2.34. The van der Waals surface area contributed by atoms with Crippen molar-refractivity contribution in [3.63, 3.8) is 0 Å². The molecule has 19 heavy (non-hydrogen) atoms. The SMILES string of the molecule is Nc1c(F)ccc(S(=O)(=O)NC2(CO)CCC2)c1F. The number of rotatable bonds is 4. The Bertz CT molecular complexity index is 595. The maximum atomic E-state index is 13.7. The van der Waals surface area contributed by atoms with Crippen LogP contribution in [0.2, 0.25) is 0 Å². The van der Waals surface area contributed by atoms with E-state index < -0.39 is 37.8 Å². The fourth-order valence-corrected chi connectivity index (χ4v) is 3.53. The van der Waals surface area contributed by atoms with Gasteiger partial charge in [0.25, 0.3) is 0 Å². The number of benzene rings is 1. The van der Waals surface area contributed by atoms with E-state index in [1.54, 1.807) is 0 Å². The van der Waals surface area contributed by atoms with Crippen molar-refractivity contribution in [2.75, 3.05) is 12.3 Å². The molecule has 0 saturated heterocycles. The van der Waals surface area contributed by atoms with Crippen LogP contribution in [-0.4, -0.2) is 25.7 Å². The second-order valence-electron chi connectivity index (χ2n) is 4.67. The van der Waals surface area contributed by atoms with Gasteiger partial charge >= 0.3 is 0 Å². The first kappa shape index (κ1) is 14.2. The first-order chi connectivity index (χ1) is 8.81. The lowest BCUT2D eigenvalue weighted by molar-refractivity contribution is 0.110. The Morgan fingerprint density at radius 3 is 2.47 bits per heavy atom. The van der Waals surface area contributed by atoms with Crippen LogP contribution >= 0.6 is 0 Å². The summed E-state index contributed by atoms with van der Waals surface area (Å²) in [6.45, 7) is -0.371. The van der Waals surface area contributed by atoms with Gasteiger partial charge in [-0.15, -0.1) is 0 Å². The molecule has 0 aromatic heterocycles. The van der Waals surface area contributed by atoms with Crippen molar-refractivity contribution < 1.29 is 22.3 Å². The predicted molar refractivity (Wildman–Crippen MR) is 64.8 cm³/mol. The maximum absolute atomic E-state index is 13.7. The number of anilines is 1. The number of hydrogen-bond acceptors (Lipinski definition) is 4. The molecule has 0 radical (unpaired) electrons. The van der Waals surface area contributed by atoms with E-state index >= 15 is 0 Å². The highest BCUT2D eigenvalue weighted by atomic mass is 32.2. The van der Waals surface area contributed by atoms with E-state index in [2.05, 4.69) is 4.72 Å². The van der Waals surface area contributed by atoms with Crippen molar-refractivity contribution in [1.82, 2.24) is 4.72 Å². The van der Waals surface area contributed by atoms with Crippen LogP contribution in [-0.2, 0) is 10.0 Å². The van der Waals surface area contributed by atoms with Gasteiger partial charge in [0.1, 0.15) is 16.4 Å². The average Bonchev–Trinajstić information content (AvgIpc) is 2.30. The molecule has 0 aliphatic heterocycles. The second-order valence-corrected chi connectivity index (χ2v) is 6.32. The first-order valence-electron chi connectivity index (χ1n) is 5.70. The zero-order valence-corrected chi connectivity index (χ0v) is 10.8. The largest absolute Gasteiger partial charge is 0.394 e. The van der Waals surface area contributed by atoms with Gasteiger partial charge in [-0.25, -0.2) is 21.9 Å². The van der Waals surface area contributed by atoms with Crippen LogP contribution in [0.5, 0.6) is 0 Å². The summed E-state index contributed by atoms with van der Waals surface area (Å²) in [4.78, 5) is -0.717. The Hall–Kier alpha value is -1.25. The number of nitrogens with one attached hydrogen (secondary N) is 1. The fourth-order valence-electron chi connectivity index (χ4n) is 1.99. The monoisotopic (exact) mass is 292 g/mol. The lowest BCUT2D eigenvalue weighted by Gasteiger charge is -2.40. The van der Waals surface area contributed by atoms with E-state index in [-0.39, 0.29) is 6.61 Å². The molecule has 0 atom stereocenters. The molecule has 8 heteroatoms. The summed E-state index contributed by atoms with van der Waals surface area (Å²) in [5, 5.41) is 9.21. The van der Waals surface area contributed by atoms with Gasteiger partial charge in [0, 0.05) is 0 Å². The van der Waals surface area contributed by atoms with Crippen LogP contribution in [0.1, 0.15) is 19.3 Å². The van der Waals surface area contributed by atoms with Crippen LogP contribution in [0.15, 0.2) is 17.0 Å². The molecule has 1 aliphatic rings. The second kappa shape index (κ2) is 4.69. The van der Waals surface area contributed by atoms with Gasteiger partial charge in [-0.2, -0.15) is 0 Å². The van der Waals surface area contributed by atoms with Crippen molar-refractivity contribution in [2.24, 2.45) is 0 Å². The quantitative estimate of drug-likeness (QED) is 0.714. The van der Waals surface area contributed by atoms with E-state index in [0.717, 1.165) is 18.6 Å². The van der Waals surface area contributed by atoms with Gasteiger partial charge in [-0.3, -0.25) is 0 Å². The van der Waals surface area contributed by atoms with Crippen LogP contribution in [0, 0.1) is 11.6 Å². The van der Waals surface area contributed by atoms with E-state index in [1.807, 2.05) is 0 Å². The van der Waals surface area contributed by atoms with Gasteiger partial charge in [-0.1, -0.05) is 0 Å². The minimum Gasteiger partial charge on any atom is -0.394 e. The van der Waals surface area contributed by atoms with Gasteiger partial charge in [0.15, 0.2) is 5.82 Å². The molecule has 0 bridgehead atoms. The summed E-state index contributed by atoms with van der Waals surface area (Å²) in [5.41, 5.74) is 3.34. The Balaban J connectivity index is 2.38. The Labute approximate surface area is 109 Å². The molecule has 106 valence electrons. The molecule has 0 spiro atoms. The van der Waals surface area contributed by atoms with Gasteiger partial charge in [-0.05, 0) is 31.4 Å². The topological polar surface area (TPSA) is 92.4 Å². The molecule has 1 aromatic rings. The Morgan fingerprint density at radius 2 is 2.00 bits per heavy atom. The van der Waals surface area contributed by atoms with E-state index in [0.29, 0.717) is 12.8 Å². The highest BCUT2D eigenvalue weighted by Gasteiger charge is 2.41. The highest BCUT2D eigenvalue weighted by Crippen LogP contribution is 2.33. The third-order valence-electron chi connectivity index (χ3n) is 3.34. The lowest BCUT2D eigenvalue weighted by atomic mass is 9.78. The van der Waals surface area contributed by atoms with Crippen molar-refractivity contribution in [3.8, 4) is 0 Å². The molecule has 1 saturated carbocycles. The molecule has 0 heterocycles. The number of nitrogens with two attached hydrogens (primary N) is 1. The normalized spacial score (nSPS) is 18.1. The van der Waals surface area contributed by atoms with E-state index in [4.69, 9.17) is 5.73 Å². The van der Waals surface area contributed by atoms with Gasteiger partial charge in [0.05, 0.1) is 12.1 Å². The van der Waals surface area contributed by atoms with Crippen molar-refractivity contribution in [1.29, 1.82) is 0 Å². The van der Waals surface area contributed by atoms with Gasteiger partial charge in [0.2, 0.25) is 10.0 Å². The highest BCUT2D eigenvalue weighted by molar-refractivity contribution is 7.89. The molecule has 1 fully saturated rings. The van der Waals surface area contributed by atoms with Crippen LogP contribution in [0.25, 0.3) is 0 Å². The Morgan fingerprint density at radius 1 is 1.37 bits per heavy atom. The Kier molecular flexibility index (Phi) is 3.50. The summed E-state index contributed by atoms with van der Waals surface area (Å²) in [6, 6.07) is 1.60. The summed E-state index contributed by atoms with van der Waals surface area (Å²) in [6.07, 6.45) is 1.72. The zero-order chi connectivity index (χ0) is 14.3. The van der Waals surface area contributed by atoms with Crippen LogP contribution in [0.3, 0.4) is 0 Å². The third kappa shape index (κ3) is 2.43. The zero-order valence-electron chi connectivity index (χ0n) is 9.99. The molecular weight excluding hydrogens is 278 g/mol. The average molecular weight is 292 g/mol. The molecule has 1 aromatic carbocycles. The summed E-state index contributed by atoms with van der Waals surface area (Å²) in [7, 11) is -4.19. The van der Waals surface area contributed by atoms with Gasteiger partial charge < -0.3 is 10.8 Å². The minimum atomic E-state index is -4.19. The molecule has 0 amide bonds. The van der Waals surface area contributed by atoms with E-state index in [9.17, 15) is 22.3 Å². The number of aliphatic hydroxyl groups is 1. The number of hydrogen-bond donors (Lipinski definition) is 3. The number of halogens is 2. The lowest BCUT2D eigenvalue weighted by Crippen LogP contribution is -2.56. The van der Waals surface area contributed by atoms with Crippen molar-refractivity contribution in [3.05, 3.63) is 23.8 Å². The minimum absolute atomic E-state index is 0.371. The number of aliphatic hydroxyl groups excluding tert-OH is 1.